The maximum absolute atomic E-state index is 12.4. The van der Waals surface area contributed by atoms with E-state index in [-0.39, 0.29) is 11.9 Å². The van der Waals surface area contributed by atoms with Gasteiger partial charge in [0.15, 0.2) is 0 Å². The Morgan fingerprint density at radius 3 is 3.00 bits per heavy atom. The lowest BCUT2D eigenvalue weighted by molar-refractivity contribution is 0.0932. The second-order valence-corrected chi connectivity index (χ2v) is 5.68. The van der Waals surface area contributed by atoms with Crippen LogP contribution in [0.2, 0.25) is 0 Å². The summed E-state index contributed by atoms with van der Waals surface area (Å²) in [5.74, 6) is 1.60. The molecule has 0 spiro atoms. The fraction of sp³-hybridized carbons (Fsp3) is 0.333. The molecular weight excluding hydrogens is 290 g/mol. The molecule has 0 aliphatic carbocycles. The fourth-order valence-electron chi connectivity index (χ4n) is 2.88. The summed E-state index contributed by atoms with van der Waals surface area (Å²) in [7, 11) is 1.60. The van der Waals surface area contributed by atoms with Crippen LogP contribution in [0.15, 0.2) is 48.7 Å². The van der Waals surface area contributed by atoms with E-state index in [9.17, 15) is 4.79 Å². The summed E-state index contributed by atoms with van der Waals surface area (Å²) >= 11 is 0. The van der Waals surface area contributed by atoms with Crippen molar-refractivity contribution in [2.45, 2.75) is 18.9 Å². The Kier molecular flexibility index (Phi) is 4.76. The van der Waals surface area contributed by atoms with E-state index < -0.39 is 0 Å². The molecule has 1 fully saturated rings. The number of methoxy groups -OCH3 is 1. The van der Waals surface area contributed by atoms with Gasteiger partial charge in [0.25, 0.3) is 5.91 Å². The van der Waals surface area contributed by atoms with Crippen LogP contribution in [0.5, 0.6) is 5.75 Å². The summed E-state index contributed by atoms with van der Waals surface area (Å²) in [6, 6.07) is 13.3. The maximum atomic E-state index is 12.4. The lowest BCUT2D eigenvalue weighted by Gasteiger charge is -2.34. The predicted octanol–water partition coefficient (Wildman–Crippen LogP) is 2.49. The van der Waals surface area contributed by atoms with Crippen LogP contribution in [-0.2, 0) is 0 Å². The lowest BCUT2D eigenvalue weighted by Crippen LogP contribution is -2.48. The zero-order valence-electron chi connectivity index (χ0n) is 13.2. The number of rotatable bonds is 4. The number of aromatic nitrogens is 1. The third-order valence-electron chi connectivity index (χ3n) is 4.06. The van der Waals surface area contributed by atoms with Gasteiger partial charge in [-0.1, -0.05) is 12.1 Å². The summed E-state index contributed by atoms with van der Waals surface area (Å²) in [6.07, 6.45) is 3.83. The van der Waals surface area contributed by atoms with Gasteiger partial charge in [-0.3, -0.25) is 4.79 Å². The smallest absolute Gasteiger partial charge is 0.251 e. The molecule has 1 aromatic heterocycles. The third kappa shape index (κ3) is 3.80. The van der Waals surface area contributed by atoms with Crippen molar-refractivity contribution in [3.8, 4) is 5.75 Å². The van der Waals surface area contributed by atoms with Crippen LogP contribution >= 0.6 is 0 Å². The zero-order chi connectivity index (χ0) is 16.1. The van der Waals surface area contributed by atoms with Gasteiger partial charge in [0.2, 0.25) is 0 Å². The van der Waals surface area contributed by atoms with E-state index in [1.54, 1.807) is 25.4 Å². The molecule has 0 unspecified atom stereocenters. The Balaban J connectivity index is 1.64. The van der Waals surface area contributed by atoms with Crippen LogP contribution in [0.3, 0.4) is 0 Å². The second-order valence-electron chi connectivity index (χ2n) is 5.68. The van der Waals surface area contributed by atoms with Gasteiger partial charge >= 0.3 is 0 Å². The van der Waals surface area contributed by atoms with E-state index in [0.717, 1.165) is 31.7 Å². The Bertz CT molecular complexity index is 660. The molecule has 1 amide bonds. The van der Waals surface area contributed by atoms with Gasteiger partial charge in [0.1, 0.15) is 11.6 Å². The molecule has 1 N–H and O–H groups in total. The minimum absolute atomic E-state index is 0.0585. The van der Waals surface area contributed by atoms with Gasteiger partial charge in [-0.05, 0) is 43.2 Å². The average Bonchev–Trinajstić information content (AvgIpc) is 2.63. The molecule has 3 rings (SSSR count). The molecule has 1 aliphatic rings. The summed E-state index contributed by atoms with van der Waals surface area (Å²) in [6.45, 7) is 1.76. The van der Waals surface area contributed by atoms with Crippen molar-refractivity contribution in [1.29, 1.82) is 0 Å². The first-order valence-corrected chi connectivity index (χ1v) is 7.87. The number of anilines is 1. The molecule has 1 saturated heterocycles. The standard InChI is InChI=1S/C18H21N3O2/c1-23-16-8-4-6-14(12-16)18(22)20-15-7-5-11-21(13-15)17-9-2-3-10-19-17/h2-4,6,8-10,12,15H,5,7,11,13H2,1H3,(H,20,22)/t15-/m1/s1. The van der Waals surface area contributed by atoms with E-state index in [4.69, 9.17) is 4.74 Å². The molecule has 1 aliphatic heterocycles. The van der Waals surface area contributed by atoms with Gasteiger partial charge in [0, 0.05) is 30.9 Å². The van der Waals surface area contributed by atoms with Crippen molar-refractivity contribution in [3.05, 3.63) is 54.2 Å². The molecule has 1 atom stereocenters. The number of benzene rings is 1. The second kappa shape index (κ2) is 7.13. The number of nitrogens with zero attached hydrogens (tertiary/aromatic N) is 2. The Morgan fingerprint density at radius 1 is 1.30 bits per heavy atom. The molecule has 0 saturated carbocycles. The molecular formula is C18H21N3O2. The van der Waals surface area contributed by atoms with Crippen LogP contribution in [0.1, 0.15) is 23.2 Å². The number of hydrogen-bond acceptors (Lipinski definition) is 4. The Morgan fingerprint density at radius 2 is 2.22 bits per heavy atom. The molecule has 23 heavy (non-hydrogen) atoms. The van der Waals surface area contributed by atoms with Gasteiger partial charge in [-0.15, -0.1) is 0 Å². The van der Waals surface area contributed by atoms with E-state index in [1.165, 1.54) is 0 Å². The van der Waals surface area contributed by atoms with Crippen molar-refractivity contribution in [2.24, 2.45) is 0 Å². The highest BCUT2D eigenvalue weighted by atomic mass is 16.5. The quantitative estimate of drug-likeness (QED) is 0.942. The Hall–Kier alpha value is -2.56. The highest BCUT2D eigenvalue weighted by Crippen LogP contribution is 2.18. The molecule has 0 bridgehead atoms. The van der Waals surface area contributed by atoms with E-state index in [0.29, 0.717) is 11.3 Å². The van der Waals surface area contributed by atoms with Gasteiger partial charge in [0.05, 0.1) is 7.11 Å². The van der Waals surface area contributed by atoms with Crippen LogP contribution in [-0.4, -0.2) is 37.1 Å². The molecule has 1 aromatic carbocycles. The van der Waals surface area contributed by atoms with Gasteiger partial charge in [-0.25, -0.2) is 4.98 Å². The highest BCUT2D eigenvalue weighted by molar-refractivity contribution is 5.94. The summed E-state index contributed by atoms with van der Waals surface area (Å²) < 4.78 is 5.17. The number of hydrogen-bond donors (Lipinski definition) is 1. The third-order valence-corrected chi connectivity index (χ3v) is 4.06. The van der Waals surface area contributed by atoms with Crippen molar-refractivity contribution < 1.29 is 9.53 Å². The lowest BCUT2D eigenvalue weighted by atomic mass is 10.0. The molecule has 5 heteroatoms. The van der Waals surface area contributed by atoms with Crippen LogP contribution in [0, 0.1) is 0 Å². The summed E-state index contributed by atoms with van der Waals surface area (Å²) in [5.41, 5.74) is 0.624. The largest absolute Gasteiger partial charge is 0.497 e. The molecule has 2 aromatic rings. The van der Waals surface area contributed by atoms with Gasteiger partial charge in [-0.2, -0.15) is 0 Å². The number of carbonyl (C=O) groups is 1. The predicted molar refractivity (Wildman–Crippen MR) is 89.9 cm³/mol. The SMILES string of the molecule is COc1cccc(C(=O)N[C@@H]2CCCN(c3ccccn3)C2)c1. The van der Waals surface area contributed by atoms with E-state index in [2.05, 4.69) is 15.2 Å². The monoisotopic (exact) mass is 311 g/mol. The number of carbonyl (C=O) groups excluding carboxylic acids is 1. The highest BCUT2D eigenvalue weighted by Gasteiger charge is 2.22. The molecule has 2 heterocycles. The van der Waals surface area contributed by atoms with Crippen molar-refractivity contribution >= 4 is 11.7 Å². The number of amides is 1. The Labute approximate surface area is 136 Å². The fourth-order valence-corrected chi connectivity index (χ4v) is 2.88. The number of ether oxygens (including phenoxy) is 1. The molecule has 120 valence electrons. The first kappa shape index (κ1) is 15.3. The topological polar surface area (TPSA) is 54.5 Å². The molecule has 5 nitrogen and oxygen atoms in total. The summed E-state index contributed by atoms with van der Waals surface area (Å²) in [4.78, 5) is 19.0. The normalized spacial score (nSPS) is 17.6. The van der Waals surface area contributed by atoms with Crippen molar-refractivity contribution in [2.75, 3.05) is 25.1 Å². The minimum Gasteiger partial charge on any atom is -0.497 e. The number of piperidine rings is 1. The average molecular weight is 311 g/mol. The van der Waals surface area contributed by atoms with Crippen LogP contribution in [0.25, 0.3) is 0 Å². The zero-order valence-corrected chi connectivity index (χ0v) is 13.2. The van der Waals surface area contributed by atoms with Crippen LogP contribution < -0.4 is 15.0 Å². The first-order valence-electron chi connectivity index (χ1n) is 7.87. The van der Waals surface area contributed by atoms with Crippen LogP contribution in [0.4, 0.5) is 5.82 Å². The summed E-state index contributed by atoms with van der Waals surface area (Å²) in [5, 5.41) is 3.12. The first-order chi connectivity index (χ1) is 11.3. The van der Waals surface area contributed by atoms with Crippen molar-refractivity contribution in [1.82, 2.24) is 10.3 Å². The minimum atomic E-state index is -0.0585. The molecule has 0 radical (unpaired) electrons. The number of pyridine rings is 1. The van der Waals surface area contributed by atoms with Gasteiger partial charge < -0.3 is 15.0 Å². The van der Waals surface area contributed by atoms with E-state index >= 15 is 0 Å². The number of nitrogens with one attached hydrogen (secondary N) is 1. The van der Waals surface area contributed by atoms with Crippen molar-refractivity contribution in [3.63, 3.8) is 0 Å². The van der Waals surface area contributed by atoms with E-state index in [1.807, 2.05) is 30.3 Å². The maximum Gasteiger partial charge on any atom is 0.251 e.